The van der Waals surface area contributed by atoms with Crippen LogP contribution in [0.15, 0.2) is 33.6 Å². The molecule has 1 aliphatic carbocycles. The van der Waals surface area contributed by atoms with E-state index < -0.39 is 0 Å². The lowest BCUT2D eigenvalue weighted by Crippen LogP contribution is -2.45. The molecular weight excluding hydrogens is 332 g/mol. The molecule has 0 saturated heterocycles. The Morgan fingerprint density at radius 2 is 2.15 bits per heavy atom. The third-order valence-corrected chi connectivity index (χ3v) is 6.25. The average Bonchev–Trinajstić information content (AvgIpc) is 2.43. The molecule has 4 atom stereocenters. The Kier molecular flexibility index (Phi) is 6.40. The SMILES string of the molecule is CC1CCC(C(CSc2cccc(Br)c2)NN)CC1C. The maximum atomic E-state index is 5.81. The molecule has 1 aliphatic rings. The van der Waals surface area contributed by atoms with Crippen LogP contribution in [-0.4, -0.2) is 11.8 Å². The second-order valence-corrected chi connectivity index (χ2v) is 8.08. The first kappa shape index (κ1) is 16.3. The first-order valence-corrected chi connectivity index (χ1v) is 9.22. The molecule has 0 heterocycles. The topological polar surface area (TPSA) is 38.0 Å². The molecule has 3 N–H and O–H groups in total. The molecule has 0 spiro atoms. The number of hydrogen-bond donors (Lipinski definition) is 2. The zero-order valence-corrected chi connectivity index (χ0v) is 14.7. The minimum atomic E-state index is 0.411. The van der Waals surface area contributed by atoms with Gasteiger partial charge in [-0.1, -0.05) is 42.3 Å². The van der Waals surface area contributed by atoms with E-state index in [1.54, 1.807) is 0 Å². The van der Waals surface area contributed by atoms with Gasteiger partial charge in [0.05, 0.1) is 0 Å². The summed E-state index contributed by atoms with van der Waals surface area (Å²) in [6.07, 6.45) is 3.94. The van der Waals surface area contributed by atoms with E-state index >= 15 is 0 Å². The monoisotopic (exact) mass is 356 g/mol. The Labute approximate surface area is 135 Å². The second-order valence-electron chi connectivity index (χ2n) is 6.07. The smallest absolute Gasteiger partial charge is 0.0332 e. The summed E-state index contributed by atoms with van der Waals surface area (Å²) in [5.41, 5.74) is 3.06. The second kappa shape index (κ2) is 7.83. The lowest BCUT2D eigenvalue weighted by atomic mass is 9.73. The molecule has 2 rings (SSSR count). The Morgan fingerprint density at radius 3 is 2.80 bits per heavy atom. The summed E-state index contributed by atoms with van der Waals surface area (Å²) in [4.78, 5) is 1.30. The van der Waals surface area contributed by atoms with Gasteiger partial charge in [0.2, 0.25) is 0 Å². The molecule has 4 heteroatoms. The summed E-state index contributed by atoms with van der Waals surface area (Å²) < 4.78 is 1.14. The van der Waals surface area contributed by atoms with E-state index in [0.29, 0.717) is 12.0 Å². The van der Waals surface area contributed by atoms with Crippen LogP contribution in [-0.2, 0) is 0 Å². The maximum Gasteiger partial charge on any atom is 0.0332 e. The number of rotatable bonds is 5. The lowest BCUT2D eigenvalue weighted by Gasteiger charge is -2.36. The van der Waals surface area contributed by atoms with Gasteiger partial charge in [0.1, 0.15) is 0 Å². The van der Waals surface area contributed by atoms with Crippen molar-refractivity contribution in [2.24, 2.45) is 23.6 Å². The predicted molar refractivity (Wildman–Crippen MR) is 91.6 cm³/mol. The minimum absolute atomic E-state index is 0.411. The van der Waals surface area contributed by atoms with Crippen LogP contribution in [0.25, 0.3) is 0 Å². The Morgan fingerprint density at radius 1 is 1.35 bits per heavy atom. The fourth-order valence-corrected chi connectivity index (χ4v) is 4.69. The molecule has 1 aromatic rings. The summed E-state index contributed by atoms with van der Waals surface area (Å²) in [6, 6.07) is 8.89. The van der Waals surface area contributed by atoms with Crippen molar-refractivity contribution < 1.29 is 0 Å². The van der Waals surface area contributed by atoms with Crippen LogP contribution in [0, 0.1) is 17.8 Å². The first-order chi connectivity index (χ1) is 9.60. The van der Waals surface area contributed by atoms with Crippen molar-refractivity contribution in [3.05, 3.63) is 28.7 Å². The average molecular weight is 357 g/mol. The van der Waals surface area contributed by atoms with Crippen molar-refractivity contribution in [1.82, 2.24) is 5.43 Å². The van der Waals surface area contributed by atoms with Crippen molar-refractivity contribution in [2.45, 2.75) is 44.0 Å². The van der Waals surface area contributed by atoms with Gasteiger partial charge in [-0.25, -0.2) is 0 Å². The molecule has 0 aliphatic heterocycles. The molecule has 1 saturated carbocycles. The van der Waals surface area contributed by atoms with Crippen LogP contribution in [0.2, 0.25) is 0 Å². The van der Waals surface area contributed by atoms with Crippen molar-refractivity contribution in [1.29, 1.82) is 0 Å². The lowest BCUT2D eigenvalue weighted by molar-refractivity contribution is 0.179. The zero-order valence-electron chi connectivity index (χ0n) is 12.3. The van der Waals surface area contributed by atoms with E-state index in [2.05, 4.69) is 59.5 Å². The third kappa shape index (κ3) is 4.48. The number of nitrogens with one attached hydrogen (secondary N) is 1. The van der Waals surface area contributed by atoms with Crippen molar-refractivity contribution in [3.8, 4) is 0 Å². The molecule has 4 unspecified atom stereocenters. The Hall–Kier alpha value is -0.0300. The Bertz CT molecular complexity index is 427. The number of hydrogen-bond acceptors (Lipinski definition) is 3. The van der Waals surface area contributed by atoms with Crippen molar-refractivity contribution in [3.63, 3.8) is 0 Å². The number of nitrogens with two attached hydrogens (primary N) is 1. The van der Waals surface area contributed by atoms with E-state index in [9.17, 15) is 0 Å². The number of thioether (sulfide) groups is 1. The molecule has 0 aromatic heterocycles. The molecule has 112 valence electrons. The molecule has 0 bridgehead atoms. The van der Waals surface area contributed by atoms with E-state index in [1.165, 1.54) is 24.2 Å². The molecular formula is C16H25BrN2S. The van der Waals surface area contributed by atoms with Gasteiger partial charge in [0.25, 0.3) is 0 Å². The van der Waals surface area contributed by atoms with Gasteiger partial charge in [0.15, 0.2) is 0 Å². The van der Waals surface area contributed by atoms with E-state index in [4.69, 9.17) is 5.84 Å². The van der Waals surface area contributed by atoms with E-state index in [1.807, 2.05) is 11.8 Å². The molecule has 20 heavy (non-hydrogen) atoms. The van der Waals surface area contributed by atoms with E-state index in [0.717, 1.165) is 22.1 Å². The zero-order chi connectivity index (χ0) is 14.5. The first-order valence-electron chi connectivity index (χ1n) is 7.44. The highest BCUT2D eigenvalue weighted by Gasteiger charge is 2.29. The van der Waals surface area contributed by atoms with Gasteiger partial charge >= 0.3 is 0 Å². The van der Waals surface area contributed by atoms with Crippen LogP contribution < -0.4 is 11.3 Å². The van der Waals surface area contributed by atoms with Gasteiger partial charge < -0.3 is 0 Å². The van der Waals surface area contributed by atoms with Gasteiger partial charge in [-0.2, -0.15) is 0 Å². The molecule has 1 aromatic carbocycles. The van der Waals surface area contributed by atoms with Crippen molar-refractivity contribution in [2.75, 3.05) is 5.75 Å². The van der Waals surface area contributed by atoms with Gasteiger partial charge in [-0.15, -0.1) is 11.8 Å². The minimum Gasteiger partial charge on any atom is -0.271 e. The van der Waals surface area contributed by atoms with Gasteiger partial charge in [0, 0.05) is 21.2 Å². The number of halogens is 1. The summed E-state index contributed by atoms with van der Waals surface area (Å²) in [6.45, 7) is 4.76. The van der Waals surface area contributed by atoms with Crippen LogP contribution in [0.5, 0.6) is 0 Å². The molecule has 0 radical (unpaired) electrons. The Balaban J connectivity index is 1.89. The molecule has 2 nitrogen and oxygen atoms in total. The summed E-state index contributed by atoms with van der Waals surface area (Å²) in [5, 5.41) is 0. The van der Waals surface area contributed by atoms with Crippen molar-refractivity contribution >= 4 is 27.7 Å². The summed E-state index contributed by atoms with van der Waals surface area (Å²) in [5.74, 6) is 9.24. The maximum absolute atomic E-state index is 5.81. The highest BCUT2D eigenvalue weighted by molar-refractivity contribution is 9.10. The van der Waals surface area contributed by atoms with Crippen LogP contribution >= 0.6 is 27.7 Å². The fraction of sp³-hybridized carbons (Fsp3) is 0.625. The standard InChI is InChI=1S/C16H25BrN2S/c1-11-6-7-13(8-12(11)2)16(19-18)10-20-15-5-3-4-14(17)9-15/h3-5,9,11-13,16,19H,6-8,10,18H2,1-2H3. The van der Waals surface area contributed by atoms with Gasteiger partial charge in [-0.05, 0) is 48.8 Å². The van der Waals surface area contributed by atoms with Crippen LogP contribution in [0.3, 0.4) is 0 Å². The highest BCUT2D eigenvalue weighted by atomic mass is 79.9. The van der Waals surface area contributed by atoms with E-state index in [-0.39, 0.29) is 0 Å². The van der Waals surface area contributed by atoms with Crippen LogP contribution in [0.1, 0.15) is 33.1 Å². The van der Waals surface area contributed by atoms with Crippen LogP contribution in [0.4, 0.5) is 0 Å². The summed E-state index contributed by atoms with van der Waals surface area (Å²) in [7, 11) is 0. The quantitative estimate of drug-likeness (QED) is 0.465. The normalized spacial score (nSPS) is 28.3. The predicted octanol–water partition coefficient (Wildman–Crippen LogP) is 4.45. The molecule has 0 amide bonds. The fourth-order valence-electron chi connectivity index (χ4n) is 3.02. The third-order valence-electron chi connectivity index (χ3n) is 4.65. The number of benzene rings is 1. The highest BCUT2D eigenvalue weighted by Crippen LogP contribution is 2.36. The number of hydrazine groups is 1. The summed E-state index contributed by atoms with van der Waals surface area (Å²) >= 11 is 5.41. The molecule has 1 fully saturated rings. The largest absolute Gasteiger partial charge is 0.271 e. The van der Waals surface area contributed by atoms with Gasteiger partial charge in [-0.3, -0.25) is 11.3 Å².